The van der Waals surface area contributed by atoms with Gasteiger partial charge in [0.2, 0.25) is 5.75 Å². The van der Waals surface area contributed by atoms with Crippen LogP contribution in [0.2, 0.25) is 0 Å². The third-order valence-corrected chi connectivity index (χ3v) is 3.54. The van der Waals surface area contributed by atoms with E-state index in [1.165, 1.54) is 4.68 Å². The van der Waals surface area contributed by atoms with Crippen molar-refractivity contribution in [3.05, 3.63) is 60.7 Å². The smallest absolute Gasteiger partial charge is 0.276 e. The van der Waals surface area contributed by atoms with E-state index in [-0.39, 0.29) is 18.3 Å². The molecular formula is C18H18N4O4. The van der Waals surface area contributed by atoms with Gasteiger partial charge in [-0.3, -0.25) is 9.78 Å². The third-order valence-electron chi connectivity index (χ3n) is 3.54. The molecule has 0 radical (unpaired) electrons. The van der Waals surface area contributed by atoms with Crippen molar-refractivity contribution in [3.8, 4) is 17.2 Å². The molecule has 0 saturated heterocycles. The van der Waals surface area contributed by atoms with Crippen LogP contribution in [0.5, 0.6) is 17.2 Å². The van der Waals surface area contributed by atoms with Crippen molar-refractivity contribution in [1.82, 2.24) is 14.8 Å². The Bertz CT molecular complexity index is 858. The predicted molar refractivity (Wildman–Crippen MR) is 94.6 cm³/mol. The summed E-state index contributed by atoms with van der Waals surface area (Å²) in [7, 11) is 3.11. The fraction of sp³-hybridized carbons (Fsp3) is 0.167. The maximum absolute atomic E-state index is 12.2. The molecule has 2 aromatic heterocycles. The van der Waals surface area contributed by atoms with Crippen LogP contribution in [0.1, 0.15) is 10.5 Å². The summed E-state index contributed by atoms with van der Waals surface area (Å²) >= 11 is 0. The molecule has 0 aliphatic rings. The molecule has 0 unspecified atom stereocenters. The van der Waals surface area contributed by atoms with Crippen molar-refractivity contribution in [2.75, 3.05) is 19.5 Å². The minimum Gasteiger partial charge on any atom is -0.493 e. The van der Waals surface area contributed by atoms with Gasteiger partial charge in [0.1, 0.15) is 0 Å². The second-order valence-corrected chi connectivity index (χ2v) is 5.20. The number of carbonyl (C=O) groups is 1. The standard InChI is InChI=1S/C18H18N4O4/c1-24-15-4-3-5-16(25-2)17(15)26-12-22-11-8-14(21-22)18(23)20-13-6-9-19-10-7-13/h3-11H,12H2,1-2H3,(H,19,20,23). The van der Waals surface area contributed by atoms with Crippen molar-refractivity contribution in [2.24, 2.45) is 0 Å². The second-order valence-electron chi connectivity index (χ2n) is 5.20. The van der Waals surface area contributed by atoms with E-state index < -0.39 is 0 Å². The summed E-state index contributed by atoms with van der Waals surface area (Å²) in [5, 5.41) is 6.96. The van der Waals surface area contributed by atoms with Crippen molar-refractivity contribution in [3.63, 3.8) is 0 Å². The minimum absolute atomic E-state index is 0.0965. The van der Waals surface area contributed by atoms with E-state index in [0.717, 1.165) is 0 Å². The number of benzene rings is 1. The molecule has 2 heterocycles. The lowest BCUT2D eigenvalue weighted by atomic mass is 10.3. The Morgan fingerprint density at radius 3 is 2.42 bits per heavy atom. The maximum Gasteiger partial charge on any atom is 0.276 e. The van der Waals surface area contributed by atoms with Gasteiger partial charge in [-0.05, 0) is 30.3 Å². The van der Waals surface area contributed by atoms with Crippen LogP contribution in [0.15, 0.2) is 55.0 Å². The molecule has 1 N–H and O–H groups in total. The Morgan fingerprint density at radius 2 is 1.77 bits per heavy atom. The molecule has 1 amide bonds. The van der Waals surface area contributed by atoms with Crippen LogP contribution in [0.3, 0.4) is 0 Å². The average molecular weight is 354 g/mol. The molecule has 0 aliphatic heterocycles. The Morgan fingerprint density at radius 1 is 1.08 bits per heavy atom. The maximum atomic E-state index is 12.2. The number of ether oxygens (including phenoxy) is 3. The predicted octanol–water partition coefficient (Wildman–Crippen LogP) is 2.58. The molecule has 0 saturated carbocycles. The molecule has 0 aliphatic carbocycles. The largest absolute Gasteiger partial charge is 0.493 e. The van der Waals surface area contributed by atoms with Crippen LogP contribution < -0.4 is 19.5 Å². The summed E-state index contributed by atoms with van der Waals surface area (Å²) in [6, 6.07) is 10.4. The first-order valence-electron chi connectivity index (χ1n) is 7.80. The summed E-state index contributed by atoms with van der Waals surface area (Å²) in [6.07, 6.45) is 4.86. The highest BCUT2D eigenvalue weighted by Gasteiger charge is 2.13. The molecule has 0 bridgehead atoms. The number of rotatable bonds is 7. The molecule has 8 nitrogen and oxygen atoms in total. The number of nitrogens with one attached hydrogen (secondary N) is 1. The lowest BCUT2D eigenvalue weighted by Crippen LogP contribution is -2.14. The first kappa shape index (κ1) is 17.3. The minimum atomic E-state index is -0.315. The van der Waals surface area contributed by atoms with E-state index in [2.05, 4.69) is 15.4 Å². The number of hydrogen-bond acceptors (Lipinski definition) is 6. The van der Waals surface area contributed by atoms with Crippen LogP contribution in [0.25, 0.3) is 0 Å². The summed E-state index contributed by atoms with van der Waals surface area (Å²) in [4.78, 5) is 16.1. The first-order chi connectivity index (χ1) is 12.7. The van der Waals surface area contributed by atoms with Gasteiger partial charge in [0.05, 0.1) is 14.2 Å². The van der Waals surface area contributed by atoms with Crippen LogP contribution in [-0.4, -0.2) is 34.9 Å². The van der Waals surface area contributed by atoms with E-state index in [1.54, 1.807) is 69.2 Å². The zero-order valence-electron chi connectivity index (χ0n) is 14.4. The highest BCUT2D eigenvalue weighted by Crippen LogP contribution is 2.36. The summed E-state index contributed by atoms with van der Waals surface area (Å²) < 4.78 is 17.8. The highest BCUT2D eigenvalue weighted by molar-refractivity contribution is 6.02. The van der Waals surface area contributed by atoms with Crippen LogP contribution in [0.4, 0.5) is 5.69 Å². The molecule has 8 heteroatoms. The SMILES string of the molecule is COc1cccc(OC)c1OCn1ccc(C(=O)Nc2ccncc2)n1. The number of methoxy groups -OCH3 is 2. The monoisotopic (exact) mass is 354 g/mol. The average Bonchev–Trinajstić information content (AvgIpc) is 3.16. The zero-order chi connectivity index (χ0) is 18.4. The summed E-state index contributed by atoms with van der Waals surface area (Å²) in [5.41, 5.74) is 0.923. The first-order valence-corrected chi connectivity index (χ1v) is 7.80. The van der Waals surface area contributed by atoms with Gasteiger partial charge >= 0.3 is 0 Å². The Balaban J connectivity index is 1.67. The second kappa shape index (κ2) is 8.02. The van der Waals surface area contributed by atoms with Gasteiger partial charge in [-0.2, -0.15) is 5.10 Å². The molecule has 1 aromatic carbocycles. The highest BCUT2D eigenvalue weighted by atomic mass is 16.5. The number of carbonyl (C=O) groups excluding carboxylic acids is 1. The Hall–Kier alpha value is -3.55. The van der Waals surface area contributed by atoms with Gasteiger partial charge in [0.15, 0.2) is 23.9 Å². The number of pyridine rings is 1. The topological polar surface area (TPSA) is 87.5 Å². The van der Waals surface area contributed by atoms with Gasteiger partial charge in [0.25, 0.3) is 5.91 Å². The lowest BCUT2D eigenvalue weighted by Gasteiger charge is -2.13. The molecule has 0 atom stereocenters. The van der Waals surface area contributed by atoms with Gasteiger partial charge in [-0.1, -0.05) is 6.07 Å². The van der Waals surface area contributed by atoms with E-state index in [1.807, 2.05) is 0 Å². The molecule has 0 spiro atoms. The number of hydrogen-bond donors (Lipinski definition) is 1. The number of nitrogens with zero attached hydrogens (tertiary/aromatic N) is 3. The summed E-state index contributed by atoms with van der Waals surface area (Å²) in [6.45, 7) is 0.0965. The van der Waals surface area contributed by atoms with E-state index in [4.69, 9.17) is 14.2 Å². The molecule has 134 valence electrons. The number of amides is 1. The molecule has 3 rings (SSSR count). The summed E-state index contributed by atoms with van der Waals surface area (Å²) in [5.74, 6) is 1.25. The molecular weight excluding hydrogens is 336 g/mol. The Labute approximate surface area is 150 Å². The van der Waals surface area contributed by atoms with Crippen LogP contribution in [0, 0.1) is 0 Å². The van der Waals surface area contributed by atoms with E-state index >= 15 is 0 Å². The molecule has 26 heavy (non-hydrogen) atoms. The van der Waals surface area contributed by atoms with Crippen LogP contribution in [-0.2, 0) is 6.73 Å². The number of aromatic nitrogens is 3. The third kappa shape index (κ3) is 3.92. The van der Waals surface area contributed by atoms with Crippen molar-refractivity contribution in [1.29, 1.82) is 0 Å². The zero-order valence-corrected chi connectivity index (χ0v) is 14.4. The molecule has 3 aromatic rings. The van der Waals surface area contributed by atoms with Gasteiger partial charge in [-0.15, -0.1) is 0 Å². The number of para-hydroxylation sites is 1. The van der Waals surface area contributed by atoms with Gasteiger partial charge in [0, 0.05) is 24.3 Å². The lowest BCUT2D eigenvalue weighted by molar-refractivity contribution is 0.102. The fourth-order valence-corrected chi connectivity index (χ4v) is 2.28. The van der Waals surface area contributed by atoms with Crippen LogP contribution >= 0.6 is 0 Å². The normalized spacial score (nSPS) is 10.2. The molecule has 0 fully saturated rings. The van der Waals surface area contributed by atoms with Crippen molar-refractivity contribution >= 4 is 11.6 Å². The Kier molecular flexibility index (Phi) is 5.33. The number of anilines is 1. The fourth-order valence-electron chi connectivity index (χ4n) is 2.28. The van der Waals surface area contributed by atoms with E-state index in [9.17, 15) is 4.79 Å². The van der Waals surface area contributed by atoms with Crippen molar-refractivity contribution in [2.45, 2.75) is 6.73 Å². The van der Waals surface area contributed by atoms with Gasteiger partial charge < -0.3 is 19.5 Å². The van der Waals surface area contributed by atoms with Crippen molar-refractivity contribution < 1.29 is 19.0 Å². The quantitative estimate of drug-likeness (QED) is 0.702. The van der Waals surface area contributed by atoms with Gasteiger partial charge in [-0.25, -0.2) is 4.68 Å². The van der Waals surface area contributed by atoms with E-state index in [0.29, 0.717) is 22.9 Å².